The molecule has 1 aliphatic carbocycles. The Hall–Kier alpha value is -0.890. The highest BCUT2D eigenvalue weighted by Crippen LogP contribution is 2.43. The van der Waals surface area contributed by atoms with Gasteiger partial charge >= 0.3 is 8.60 Å². The number of hydrogen-bond acceptors (Lipinski definition) is 3. The molecule has 1 aromatic rings. The van der Waals surface area contributed by atoms with Crippen molar-refractivity contribution in [3.8, 4) is 5.75 Å². The Morgan fingerprint density at radius 3 is 2.58 bits per heavy atom. The first kappa shape index (κ1) is 14.5. The van der Waals surface area contributed by atoms with Gasteiger partial charge in [0.25, 0.3) is 0 Å². The van der Waals surface area contributed by atoms with Crippen molar-refractivity contribution in [2.24, 2.45) is 0 Å². The fourth-order valence-electron chi connectivity index (χ4n) is 2.05. The van der Waals surface area contributed by atoms with Crippen LogP contribution in [0.2, 0.25) is 0 Å². The molecule has 0 N–H and O–H groups in total. The molecular formula is C15H21O3P. The second-order valence-corrected chi connectivity index (χ2v) is 5.68. The molecule has 0 amide bonds. The Labute approximate surface area is 116 Å². The lowest BCUT2D eigenvalue weighted by atomic mass is 9.98. The highest BCUT2D eigenvalue weighted by Gasteiger charge is 2.22. The topological polar surface area (TPSA) is 27.7 Å². The molecule has 1 fully saturated rings. The van der Waals surface area contributed by atoms with Gasteiger partial charge < -0.3 is 4.52 Å². The van der Waals surface area contributed by atoms with E-state index in [1.54, 1.807) is 6.08 Å². The van der Waals surface area contributed by atoms with Crippen molar-refractivity contribution in [2.45, 2.75) is 38.2 Å². The van der Waals surface area contributed by atoms with Gasteiger partial charge in [0, 0.05) is 0 Å². The molecule has 2 rings (SSSR count). The predicted molar refractivity (Wildman–Crippen MR) is 78.1 cm³/mol. The molecule has 1 atom stereocenters. The van der Waals surface area contributed by atoms with Gasteiger partial charge in [-0.2, -0.15) is 0 Å². The molecule has 0 spiro atoms. The fourth-order valence-corrected chi connectivity index (χ4v) is 3.18. The van der Waals surface area contributed by atoms with Gasteiger partial charge in [-0.25, -0.2) is 0 Å². The maximum absolute atomic E-state index is 5.97. The van der Waals surface area contributed by atoms with E-state index >= 15 is 0 Å². The Kier molecular flexibility index (Phi) is 6.35. The van der Waals surface area contributed by atoms with Crippen LogP contribution in [0, 0.1) is 0 Å². The summed E-state index contributed by atoms with van der Waals surface area (Å²) in [7, 11) is -1.34. The van der Waals surface area contributed by atoms with Gasteiger partial charge in [-0.15, -0.1) is 6.58 Å². The van der Waals surface area contributed by atoms with Gasteiger partial charge in [0.15, 0.2) is 0 Å². The summed E-state index contributed by atoms with van der Waals surface area (Å²) < 4.78 is 17.4. The summed E-state index contributed by atoms with van der Waals surface area (Å²) in [5.74, 6) is 0.786. The van der Waals surface area contributed by atoms with Crippen molar-refractivity contribution in [1.82, 2.24) is 0 Å². The zero-order valence-corrected chi connectivity index (χ0v) is 12.1. The van der Waals surface area contributed by atoms with Crippen LogP contribution in [0.1, 0.15) is 32.1 Å². The summed E-state index contributed by atoms with van der Waals surface area (Å²) in [5.41, 5.74) is 0. The summed E-state index contributed by atoms with van der Waals surface area (Å²) in [6.45, 7) is 4.11. The van der Waals surface area contributed by atoms with Gasteiger partial charge in [0.05, 0.1) is 12.7 Å². The van der Waals surface area contributed by atoms with Crippen LogP contribution in [0.3, 0.4) is 0 Å². The summed E-state index contributed by atoms with van der Waals surface area (Å²) in [5, 5.41) is 0. The second kappa shape index (κ2) is 8.31. The minimum Gasteiger partial charge on any atom is -0.427 e. The van der Waals surface area contributed by atoms with Crippen LogP contribution in [0.15, 0.2) is 43.0 Å². The van der Waals surface area contributed by atoms with Crippen molar-refractivity contribution < 1.29 is 13.6 Å². The second-order valence-electron chi connectivity index (χ2n) is 4.58. The molecule has 1 aliphatic rings. The largest absolute Gasteiger partial charge is 0.427 e. The van der Waals surface area contributed by atoms with Crippen molar-refractivity contribution in [3.05, 3.63) is 43.0 Å². The molecule has 1 unspecified atom stereocenters. The van der Waals surface area contributed by atoms with Crippen LogP contribution in [-0.2, 0) is 9.05 Å². The van der Waals surface area contributed by atoms with E-state index in [9.17, 15) is 0 Å². The maximum Gasteiger partial charge on any atom is 0.397 e. The van der Waals surface area contributed by atoms with Crippen molar-refractivity contribution in [2.75, 3.05) is 6.61 Å². The van der Waals surface area contributed by atoms with E-state index in [0.29, 0.717) is 6.61 Å². The van der Waals surface area contributed by atoms with E-state index in [1.165, 1.54) is 19.3 Å². The number of para-hydroxylation sites is 1. The van der Waals surface area contributed by atoms with E-state index in [0.717, 1.165) is 18.6 Å². The number of rotatable bonds is 7. The van der Waals surface area contributed by atoms with Gasteiger partial charge in [-0.1, -0.05) is 43.5 Å². The molecule has 0 aromatic heterocycles. The lowest BCUT2D eigenvalue weighted by Gasteiger charge is -2.25. The van der Waals surface area contributed by atoms with Gasteiger partial charge in [-0.05, 0) is 25.0 Å². The normalized spacial score (nSPS) is 17.9. The van der Waals surface area contributed by atoms with Crippen molar-refractivity contribution in [1.29, 1.82) is 0 Å². The standard InChI is InChI=1S/C15H21O3P/c1-2-13-16-19(17-14-9-5-3-6-10-14)18-15-11-7-4-8-12-15/h2-3,5-6,9-10,15H,1,4,7-8,11-13H2. The molecule has 0 saturated heterocycles. The first-order chi connectivity index (χ1) is 9.38. The van der Waals surface area contributed by atoms with Crippen LogP contribution in [0.5, 0.6) is 5.75 Å². The van der Waals surface area contributed by atoms with Crippen LogP contribution in [0.4, 0.5) is 0 Å². The van der Waals surface area contributed by atoms with Crippen LogP contribution in [0.25, 0.3) is 0 Å². The van der Waals surface area contributed by atoms with E-state index in [-0.39, 0.29) is 6.10 Å². The molecule has 1 saturated carbocycles. The molecular weight excluding hydrogens is 259 g/mol. The van der Waals surface area contributed by atoms with Crippen LogP contribution in [-0.4, -0.2) is 12.7 Å². The summed E-state index contributed by atoms with van der Waals surface area (Å²) in [4.78, 5) is 0. The molecule has 4 heteroatoms. The molecule has 3 nitrogen and oxygen atoms in total. The average Bonchev–Trinajstić information content (AvgIpc) is 2.47. The Bertz CT molecular complexity index is 363. The first-order valence-corrected chi connectivity index (χ1v) is 7.92. The minimum atomic E-state index is -1.34. The predicted octanol–water partition coefficient (Wildman–Crippen LogP) is 4.84. The third-order valence-corrected chi connectivity index (χ3v) is 4.20. The molecule has 0 bridgehead atoms. The van der Waals surface area contributed by atoms with E-state index < -0.39 is 8.60 Å². The zero-order chi connectivity index (χ0) is 13.3. The summed E-state index contributed by atoms with van der Waals surface area (Å²) in [6.07, 6.45) is 7.98. The number of benzene rings is 1. The highest BCUT2D eigenvalue weighted by atomic mass is 31.2. The maximum atomic E-state index is 5.97. The van der Waals surface area contributed by atoms with E-state index in [1.807, 2.05) is 30.3 Å². The lowest BCUT2D eigenvalue weighted by molar-refractivity contribution is 0.122. The zero-order valence-electron chi connectivity index (χ0n) is 11.2. The third kappa shape index (κ3) is 5.32. The highest BCUT2D eigenvalue weighted by molar-refractivity contribution is 7.42. The summed E-state index contributed by atoms with van der Waals surface area (Å²) in [6, 6.07) is 9.67. The van der Waals surface area contributed by atoms with E-state index in [4.69, 9.17) is 13.6 Å². The Morgan fingerprint density at radius 2 is 1.89 bits per heavy atom. The summed E-state index contributed by atoms with van der Waals surface area (Å²) >= 11 is 0. The Morgan fingerprint density at radius 1 is 1.16 bits per heavy atom. The molecule has 0 aliphatic heterocycles. The molecule has 1 aromatic carbocycles. The average molecular weight is 280 g/mol. The smallest absolute Gasteiger partial charge is 0.397 e. The minimum absolute atomic E-state index is 0.272. The van der Waals surface area contributed by atoms with Crippen molar-refractivity contribution >= 4 is 8.60 Å². The first-order valence-electron chi connectivity index (χ1n) is 6.82. The van der Waals surface area contributed by atoms with Gasteiger partial charge in [0.1, 0.15) is 5.75 Å². The van der Waals surface area contributed by atoms with Gasteiger partial charge in [0.2, 0.25) is 0 Å². The SMILES string of the molecule is C=CCOP(Oc1ccccc1)OC1CCCCC1. The molecule has 104 valence electrons. The fraction of sp³-hybridized carbons (Fsp3) is 0.467. The van der Waals surface area contributed by atoms with Gasteiger partial charge in [-0.3, -0.25) is 9.05 Å². The van der Waals surface area contributed by atoms with Crippen molar-refractivity contribution in [3.63, 3.8) is 0 Å². The monoisotopic (exact) mass is 280 g/mol. The molecule has 0 heterocycles. The quantitative estimate of drug-likeness (QED) is 0.528. The molecule has 19 heavy (non-hydrogen) atoms. The molecule has 0 radical (unpaired) electrons. The lowest BCUT2D eigenvalue weighted by Crippen LogP contribution is -2.16. The van der Waals surface area contributed by atoms with Crippen LogP contribution >= 0.6 is 8.60 Å². The third-order valence-electron chi connectivity index (χ3n) is 3.01. The Balaban J connectivity index is 1.88. The van der Waals surface area contributed by atoms with Crippen LogP contribution < -0.4 is 4.52 Å². The number of hydrogen-bond donors (Lipinski definition) is 0. The van der Waals surface area contributed by atoms with E-state index in [2.05, 4.69) is 6.58 Å².